The molecule has 10 heteroatoms. The molecule has 0 atom stereocenters. The quantitative estimate of drug-likeness (QED) is 0.463. The topological polar surface area (TPSA) is 84.5 Å². The van der Waals surface area contributed by atoms with Crippen LogP contribution < -0.4 is 14.8 Å². The third-order valence-corrected chi connectivity index (χ3v) is 6.33. The SMILES string of the molecule is COc1ccccc1CCNC(=O)Cc1ccc(NS(=O)(=O)c2cccc(C(F)(F)F)c2)cc1. The average molecular weight is 493 g/mol. The monoisotopic (exact) mass is 492 g/mol. The van der Waals surface area contributed by atoms with Gasteiger partial charge in [-0.2, -0.15) is 13.2 Å². The molecule has 3 aromatic carbocycles. The highest BCUT2D eigenvalue weighted by Crippen LogP contribution is 2.31. The van der Waals surface area contributed by atoms with Crippen molar-refractivity contribution in [1.29, 1.82) is 0 Å². The minimum atomic E-state index is -4.65. The Bertz CT molecular complexity index is 1240. The number of para-hydroxylation sites is 1. The number of carbonyl (C=O) groups excluding carboxylic acids is 1. The van der Waals surface area contributed by atoms with Gasteiger partial charge in [-0.15, -0.1) is 0 Å². The zero-order valence-electron chi connectivity index (χ0n) is 18.2. The van der Waals surface area contributed by atoms with Gasteiger partial charge in [-0.3, -0.25) is 9.52 Å². The summed E-state index contributed by atoms with van der Waals surface area (Å²) in [5, 5.41) is 2.82. The van der Waals surface area contributed by atoms with Crippen molar-refractivity contribution in [1.82, 2.24) is 5.32 Å². The van der Waals surface area contributed by atoms with E-state index in [1.54, 1.807) is 19.2 Å². The minimum absolute atomic E-state index is 0.0899. The van der Waals surface area contributed by atoms with Gasteiger partial charge in [0.05, 0.1) is 24.0 Å². The van der Waals surface area contributed by atoms with E-state index in [2.05, 4.69) is 10.0 Å². The molecule has 6 nitrogen and oxygen atoms in total. The number of hydrogen-bond donors (Lipinski definition) is 2. The lowest BCUT2D eigenvalue weighted by atomic mass is 10.1. The molecule has 0 fully saturated rings. The van der Waals surface area contributed by atoms with Gasteiger partial charge in [0, 0.05) is 12.2 Å². The van der Waals surface area contributed by atoms with Crippen LogP contribution >= 0.6 is 0 Å². The Balaban J connectivity index is 1.56. The van der Waals surface area contributed by atoms with E-state index in [0.717, 1.165) is 29.5 Å². The van der Waals surface area contributed by atoms with Gasteiger partial charge in [-0.25, -0.2) is 8.42 Å². The summed E-state index contributed by atoms with van der Waals surface area (Å²) in [4.78, 5) is 11.7. The standard InChI is InChI=1S/C24H23F3N2O4S/c1-33-22-8-3-2-5-18(22)13-14-28-23(30)15-17-9-11-20(12-10-17)29-34(31,32)21-7-4-6-19(16-21)24(25,26)27/h2-12,16,29H,13-15H2,1H3,(H,28,30). The van der Waals surface area contributed by atoms with Crippen LogP contribution in [0.15, 0.2) is 77.7 Å². The smallest absolute Gasteiger partial charge is 0.416 e. The number of carbonyl (C=O) groups is 1. The van der Waals surface area contributed by atoms with Gasteiger partial charge < -0.3 is 10.1 Å². The minimum Gasteiger partial charge on any atom is -0.496 e. The molecule has 0 saturated heterocycles. The first-order chi connectivity index (χ1) is 16.1. The normalized spacial score (nSPS) is 11.6. The maximum atomic E-state index is 12.9. The molecule has 34 heavy (non-hydrogen) atoms. The van der Waals surface area contributed by atoms with Crippen LogP contribution in [0.2, 0.25) is 0 Å². The number of nitrogens with one attached hydrogen (secondary N) is 2. The molecule has 0 radical (unpaired) electrons. The van der Waals surface area contributed by atoms with E-state index in [0.29, 0.717) is 24.6 Å². The van der Waals surface area contributed by atoms with Crippen LogP contribution in [-0.4, -0.2) is 28.0 Å². The van der Waals surface area contributed by atoms with Crippen LogP contribution in [0.3, 0.4) is 0 Å². The number of halogens is 3. The Morgan fingerprint density at radius 1 is 0.971 bits per heavy atom. The summed E-state index contributed by atoms with van der Waals surface area (Å²) < 4.78 is 71.1. The van der Waals surface area contributed by atoms with Gasteiger partial charge in [-0.05, 0) is 53.9 Å². The van der Waals surface area contributed by atoms with Crippen molar-refractivity contribution >= 4 is 21.6 Å². The van der Waals surface area contributed by atoms with Crippen molar-refractivity contribution in [2.45, 2.75) is 23.9 Å². The van der Waals surface area contributed by atoms with Crippen LogP contribution in [0.25, 0.3) is 0 Å². The van der Waals surface area contributed by atoms with Crippen molar-refractivity contribution in [2.24, 2.45) is 0 Å². The zero-order valence-corrected chi connectivity index (χ0v) is 19.0. The molecular weight excluding hydrogens is 469 g/mol. The molecule has 0 aliphatic heterocycles. The van der Waals surface area contributed by atoms with Gasteiger partial charge in [0.2, 0.25) is 5.91 Å². The van der Waals surface area contributed by atoms with E-state index >= 15 is 0 Å². The van der Waals surface area contributed by atoms with E-state index < -0.39 is 26.7 Å². The highest BCUT2D eigenvalue weighted by atomic mass is 32.2. The highest BCUT2D eigenvalue weighted by Gasteiger charge is 2.31. The molecule has 0 heterocycles. The van der Waals surface area contributed by atoms with E-state index in [1.165, 1.54) is 12.1 Å². The number of ether oxygens (including phenoxy) is 1. The molecule has 0 aliphatic carbocycles. The van der Waals surface area contributed by atoms with Crippen molar-refractivity contribution < 1.29 is 31.1 Å². The summed E-state index contributed by atoms with van der Waals surface area (Å²) in [5.41, 5.74) is 0.736. The Morgan fingerprint density at radius 2 is 1.68 bits per heavy atom. The second-order valence-electron chi connectivity index (χ2n) is 7.42. The van der Waals surface area contributed by atoms with Crippen molar-refractivity contribution in [2.75, 3.05) is 18.4 Å². The second kappa shape index (κ2) is 10.6. The van der Waals surface area contributed by atoms with Crippen molar-refractivity contribution in [3.63, 3.8) is 0 Å². The average Bonchev–Trinajstić information content (AvgIpc) is 2.80. The van der Waals surface area contributed by atoms with Crippen molar-refractivity contribution in [3.8, 4) is 5.75 Å². The summed E-state index contributed by atoms with van der Waals surface area (Å²) in [6.45, 7) is 0.425. The predicted octanol–water partition coefficient (Wildman–Crippen LogP) is 4.42. The lowest BCUT2D eigenvalue weighted by molar-refractivity contribution is -0.137. The number of hydrogen-bond acceptors (Lipinski definition) is 4. The van der Waals surface area contributed by atoms with Gasteiger partial charge in [0.1, 0.15) is 5.75 Å². The summed E-state index contributed by atoms with van der Waals surface area (Å²) in [6.07, 6.45) is -3.96. The zero-order chi connectivity index (χ0) is 24.8. The third kappa shape index (κ3) is 6.74. The Hall–Kier alpha value is -3.53. The van der Waals surface area contributed by atoms with Gasteiger partial charge in [0.15, 0.2) is 0 Å². The largest absolute Gasteiger partial charge is 0.496 e. The predicted molar refractivity (Wildman–Crippen MR) is 122 cm³/mol. The summed E-state index contributed by atoms with van der Waals surface area (Å²) in [6, 6.07) is 17.1. The fourth-order valence-electron chi connectivity index (χ4n) is 3.24. The maximum absolute atomic E-state index is 12.9. The number of sulfonamides is 1. The Labute approximate surface area is 195 Å². The molecule has 3 rings (SSSR count). The van der Waals surface area contributed by atoms with Crippen molar-refractivity contribution in [3.05, 3.63) is 89.5 Å². The molecule has 0 bridgehead atoms. The Morgan fingerprint density at radius 3 is 2.35 bits per heavy atom. The van der Waals surface area contributed by atoms with Crippen LogP contribution in [0, 0.1) is 0 Å². The summed E-state index contributed by atoms with van der Waals surface area (Å²) >= 11 is 0. The number of benzene rings is 3. The number of amides is 1. The third-order valence-electron chi connectivity index (χ3n) is 4.95. The number of anilines is 1. The molecule has 3 aromatic rings. The maximum Gasteiger partial charge on any atom is 0.416 e. The number of rotatable bonds is 9. The van der Waals surface area contributed by atoms with E-state index in [1.807, 2.05) is 24.3 Å². The van der Waals surface area contributed by atoms with Crippen LogP contribution in [0.4, 0.5) is 18.9 Å². The van der Waals surface area contributed by atoms with Gasteiger partial charge >= 0.3 is 6.18 Å². The van der Waals surface area contributed by atoms with Crippen LogP contribution in [0.1, 0.15) is 16.7 Å². The molecule has 0 spiro atoms. The molecule has 0 aromatic heterocycles. The van der Waals surface area contributed by atoms with Crippen LogP contribution in [-0.2, 0) is 33.8 Å². The fraction of sp³-hybridized carbons (Fsp3) is 0.208. The molecule has 0 unspecified atom stereocenters. The Kier molecular flexibility index (Phi) is 7.83. The molecule has 180 valence electrons. The highest BCUT2D eigenvalue weighted by molar-refractivity contribution is 7.92. The molecule has 0 aliphatic rings. The van der Waals surface area contributed by atoms with Gasteiger partial charge in [0.25, 0.3) is 10.0 Å². The molecule has 2 N–H and O–H groups in total. The summed E-state index contributed by atoms with van der Waals surface area (Å²) in [5.74, 6) is 0.548. The molecule has 1 amide bonds. The summed E-state index contributed by atoms with van der Waals surface area (Å²) in [7, 11) is -2.63. The number of alkyl halides is 3. The fourth-order valence-corrected chi connectivity index (χ4v) is 4.34. The molecule has 0 saturated carbocycles. The first-order valence-corrected chi connectivity index (χ1v) is 11.7. The lowest BCUT2D eigenvalue weighted by Crippen LogP contribution is -2.27. The van der Waals surface area contributed by atoms with E-state index in [9.17, 15) is 26.4 Å². The van der Waals surface area contributed by atoms with Gasteiger partial charge in [-0.1, -0.05) is 36.4 Å². The number of methoxy groups -OCH3 is 1. The first-order valence-electron chi connectivity index (χ1n) is 10.3. The van der Waals surface area contributed by atoms with E-state index in [4.69, 9.17) is 4.74 Å². The second-order valence-corrected chi connectivity index (χ2v) is 9.10. The lowest BCUT2D eigenvalue weighted by Gasteiger charge is -2.12. The molecular formula is C24H23F3N2O4S. The van der Waals surface area contributed by atoms with Crippen LogP contribution in [0.5, 0.6) is 5.75 Å². The first kappa shape index (κ1) is 25.1. The van der Waals surface area contributed by atoms with E-state index in [-0.39, 0.29) is 18.0 Å².